The van der Waals surface area contributed by atoms with Crippen molar-refractivity contribution in [2.75, 3.05) is 0 Å². The van der Waals surface area contributed by atoms with Crippen LogP contribution >= 0.6 is 0 Å². The first-order valence-electron chi connectivity index (χ1n) is 1.28. The normalized spacial score (nSPS) is 4.36. The first-order chi connectivity index (χ1) is 3.46. The van der Waals surface area contributed by atoms with Crippen LogP contribution < -0.4 is 76.6 Å². The number of hydrogen-bond acceptors (Lipinski definition) is 3. The van der Waals surface area contributed by atoms with Gasteiger partial charge in [-0.1, -0.05) is 0 Å². The predicted molar refractivity (Wildman–Crippen MR) is 18.7 cm³/mol. The maximum absolute atomic E-state index is 8.56. The summed E-state index contributed by atoms with van der Waals surface area (Å²) in [5, 5.41) is 29.2. The first-order valence-corrected chi connectivity index (χ1v) is 1.28. The molecule has 0 radical (unpaired) electrons. The summed E-state index contributed by atoms with van der Waals surface area (Å²) in [6, 6.07) is 0. The Hall–Kier alpha value is 0.830. The zero-order chi connectivity index (χ0) is 7.15. The van der Waals surface area contributed by atoms with Crippen LogP contribution in [0.4, 0.5) is 9.59 Å². The van der Waals surface area contributed by atoms with Gasteiger partial charge in [-0.15, -0.1) is 0 Å². The Kier molecular flexibility index (Phi) is 60.7. The second kappa shape index (κ2) is 22.4. The number of carbonyl (C=O) groups is 2. The predicted octanol–water partition coefficient (Wildman–Crippen LogP) is -9.88. The number of halogens is 1. The fraction of sp³-hybridized carbons (Fsp3) is 0. The Morgan fingerprint density at radius 3 is 1.00 bits per heavy atom. The van der Waals surface area contributed by atoms with E-state index >= 15 is 0 Å². The van der Waals surface area contributed by atoms with E-state index in [2.05, 4.69) is 0 Å². The Bertz CT molecular complexity index is 76.6. The molecule has 0 aliphatic rings. The smallest absolute Gasteiger partial charge is 1.00 e. The van der Waals surface area contributed by atoms with E-state index in [9.17, 15) is 0 Å². The van der Waals surface area contributed by atoms with E-state index < -0.39 is 12.3 Å². The number of rotatable bonds is 0. The van der Waals surface area contributed by atoms with E-state index in [-0.39, 0.29) is 71.5 Å². The van der Waals surface area contributed by atoms with E-state index in [1.807, 2.05) is 0 Å². The quantitative estimate of drug-likeness (QED) is 0.337. The maximum atomic E-state index is 8.56. The van der Waals surface area contributed by atoms with Crippen molar-refractivity contribution in [1.29, 1.82) is 0 Å². The molecule has 0 spiro atoms. The van der Waals surface area contributed by atoms with Crippen molar-refractivity contribution in [2.24, 2.45) is 0 Å². The molecular formula is C2H3ClNa2O6. The van der Waals surface area contributed by atoms with E-state index in [1.54, 1.807) is 0 Å². The van der Waals surface area contributed by atoms with Gasteiger partial charge >= 0.3 is 65.3 Å². The van der Waals surface area contributed by atoms with Gasteiger partial charge in [0, 0.05) is 0 Å². The standard InChI is InChI=1S/2CH2O3.ClH.2Na/c2*2-1(3)4;;;/h2*(H2,2,3,4);1H;;/q;;;2*+1/p-2. The van der Waals surface area contributed by atoms with E-state index in [4.69, 9.17) is 30.0 Å². The third kappa shape index (κ3) is 1230. The summed E-state index contributed by atoms with van der Waals surface area (Å²) < 4.78 is 0. The molecule has 0 atom stereocenters. The molecule has 0 aliphatic carbocycles. The average molecular weight is 204 g/mol. The zero-order valence-corrected chi connectivity index (χ0v) is 10.7. The summed E-state index contributed by atoms with van der Waals surface area (Å²) in [6.45, 7) is 0. The van der Waals surface area contributed by atoms with Crippen molar-refractivity contribution in [1.82, 2.24) is 0 Å². The minimum absolute atomic E-state index is 0. The number of hydrogen-bond donors (Lipinski definition) is 3. The molecule has 0 saturated carbocycles. The van der Waals surface area contributed by atoms with Gasteiger partial charge in [-0.2, -0.15) is 0 Å². The van der Waals surface area contributed by atoms with Gasteiger partial charge in [-0.25, -0.2) is 4.79 Å². The Labute approximate surface area is 113 Å². The molecule has 0 aromatic heterocycles. The van der Waals surface area contributed by atoms with Crippen LogP contribution in [0.25, 0.3) is 0 Å². The van der Waals surface area contributed by atoms with E-state index in [0.717, 1.165) is 0 Å². The molecule has 3 N–H and O–H groups in total. The van der Waals surface area contributed by atoms with Gasteiger partial charge in [0.25, 0.3) is 0 Å². The summed E-state index contributed by atoms with van der Waals surface area (Å²) in [6.07, 6.45) is -3.92. The Morgan fingerprint density at radius 2 is 1.00 bits per heavy atom. The molecule has 0 unspecified atom stereocenters. The van der Waals surface area contributed by atoms with Crippen molar-refractivity contribution in [3.05, 3.63) is 0 Å². The molecule has 0 aromatic rings. The largest absolute Gasteiger partial charge is 1.00 e. The molecule has 0 amide bonds. The second-order valence-corrected chi connectivity index (χ2v) is 0.548. The monoisotopic (exact) mass is 204 g/mol. The summed E-state index contributed by atoms with van der Waals surface area (Å²) in [5.74, 6) is 0. The van der Waals surface area contributed by atoms with Crippen molar-refractivity contribution >= 4 is 12.3 Å². The summed E-state index contributed by atoms with van der Waals surface area (Å²) in [5.41, 5.74) is 0. The third-order valence-corrected chi connectivity index (χ3v) is 0. The second-order valence-electron chi connectivity index (χ2n) is 0.548. The van der Waals surface area contributed by atoms with Crippen LogP contribution in [0.15, 0.2) is 0 Å². The minimum Gasteiger partial charge on any atom is -1.00 e. The topological polar surface area (TPSA) is 118 Å². The van der Waals surface area contributed by atoms with Gasteiger partial charge in [0.15, 0.2) is 0 Å². The molecule has 0 aliphatic heterocycles. The van der Waals surface area contributed by atoms with Crippen LogP contribution in [0.2, 0.25) is 0 Å². The average Bonchev–Trinajstić information content (AvgIpc) is 1.25. The van der Waals surface area contributed by atoms with Crippen LogP contribution in [0.5, 0.6) is 0 Å². The number of carboxylic acid groups (broad SMARTS) is 4. The Morgan fingerprint density at radius 1 is 1.00 bits per heavy atom. The first kappa shape index (κ1) is 29.7. The van der Waals surface area contributed by atoms with Gasteiger partial charge in [-0.3, -0.25) is 0 Å². The van der Waals surface area contributed by atoms with Gasteiger partial charge in [0.2, 0.25) is 6.16 Å². The van der Waals surface area contributed by atoms with Crippen molar-refractivity contribution in [2.45, 2.75) is 0 Å². The molecular weight excluding hydrogens is 201 g/mol. The van der Waals surface area contributed by atoms with Gasteiger partial charge in [0.1, 0.15) is 0 Å². The molecule has 9 heteroatoms. The van der Waals surface area contributed by atoms with E-state index in [1.165, 1.54) is 0 Å². The van der Waals surface area contributed by atoms with Crippen molar-refractivity contribution in [3.8, 4) is 0 Å². The van der Waals surface area contributed by atoms with Crippen LogP contribution in [0, 0.1) is 0 Å². The SMILES string of the molecule is O=C(O)O.O=C([O-])O.[Cl-].[Na+].[Na+]. The van der Waals surface area contributed by atoms with Crippen LogP contribution in [0.1, 0.15) is 0 Å². The molecule has 0 aromatic carbocycles. The fourth-order valence-corrected chi connectivity index (χ4v) is 0. The minimum atomic E-state index is -2.08. The van der Waals surface area contributed by atoms with Crippen LogP contribution in [0.3, 0.4) is 0 Å². The van der Waals surface area contributed by atoms with Gasteiger partial charge in [0.05, 0.1) is 0 Å². The van der Waals surface area contributed by atoms with Crippen LogP contribution in [-0.4, -0.2) is 27.6 Å². The molecule has 56 valence electrons. The Balaban J connectivity index is -0.0000000171. The summed E-state index contributed by atoms with van der Waals surface area (Å²) >= 11 is 0. The van der Waals surface area contributed by atoms with E-state index in [0.29, 0.717) is 0 Å². The van der Waals surface area contributed by atoms with Gasteiger partial charge in [-0.05, 0) is 0 Å². The molecule has 6 nitrogen and oxygen atoms in total. The molecule has 0 saturated heterocycles. The third-order valence-electron chi connectivity index (χ3n) is 0. The molecule has 0 rings (SSSR count). The van der Waals surface area contributed by atoms with Crippen LogP contribution in [-0.2, 0) is 0 Å². The molecule has 0 fully saturated rings. The molecule has 11 heavy (non-hydrogen) atoms. The molecule has 0 heterocycles. The summed E-state index contributed by atoms with van der Waals surface area (Å²) in [7, 11) is 0. The van der Waals surface area contributed by atoms with Crippen molar-refractivity contribution < 1.29 is 102 Å². The fourth-order valence-electron chi connectivity index (χ4n) is 0. The maximum Gasteiger partial charge on any atom is 1.00 e. The van der Waals surface area contributed by atoms with Gasteiger partial charge < -0.3 is 37.6 Å². The molecule has 0 bridgehead atoms. The zero-order valence-electron chi connectivity index (χ0n) is 5.94. The summed E-state index contributed by atoms with van der Waals surface area (Å²) in [4.78, 5) is 17.0. The van der Waals surface area contributed by atoms with Crippen molar-refractivity contribution in [3.63, 3.8) is 0 Å².